The van der Waals surface area contributed by atoms with E-state index in [0.717, 1.165) is 11.3 Å². The van der Waals surface area contributed by atoms with Crippen LogP contribution in [0, 0.1) is 5.92 Å². The molecule has 5 aromatic rings. The number of hydrogen-bond donors (Lipinski definition) is 2. The molecule has 5 heterocycles. The van der Waals surface area contributed by atoms with E-state index < -0.39 is 18.2 Å². The number of benzene rings is 1. The average Bonchev–Trinajstić information content (AvgIpc) is 3.63. The second kappa shape index (κ2) is 13.9. The lowest BCUT2D eigenvalue weighted by atomic mass is 9.97. The van der Waals surface area contributed by atoms with Crippen LogP contribution in [0.4, 0.5) is 18.9 Å². The molecule has 1 aromatic carbocycles. The van der Waals surface area contributed by atoms with Crippen molar-refractivity contribution in [1.29, 1.82) is 0 Å². The predicted molar refractivity (Wildman–Crippen MR) is 169 cm³/mol. The molecule has 2 atom stereocenters. The quantitative estimate of drug-likeness (QED) is 0.244. The van der Waals surface area contributed by atoms with Crippen LogP contribution >= 0.6 is 23.2 Å². The Morgan fingerprint density at radius 3 is 2.50 bits per heavy atom. The Kier molecular flexibility index (Phi) is 9.95. The molecule has 2 bridgehead atoms. The Hall–Kier alpha value is -5.09. The summed E-state index contributed by atoms with van der Waals surface area (Å²) >= 11 is 12.3. The largest absolute Gasteiger partial charge is 0.490 e. The molecule has 1 aliphatic heterocycles. The second-order valence-electron chi connectivity index (χ2n) is 10.8. The van der Waals surface area contributed by atoms with Crippen molar-refractivity contribution in [2.45, 2.75) is 38.4 Å². The normalized spacial score (nSPS) is 16.4. The topological polar surface area (TPSA) is 163 Å². The number of nitrogens with one attached hydrogen (secondary N) is 1. The van der Waals surface area contributed by atoms with E-state index in [1.807, 2.05) is 26.1 Å². The summed E-state index contributed by atoms with van der Waals surface area (Å²) < 4.78 is 36.5. The van der Waals surface area contributed by atoms with Gasteiger partial charge < -0.3 is 10.4 Å². The zero-order valence-corrected chi connectivity index (χ0v) is 26.7. The van der Waals surface area contributed by atoms with E-state index in [1.54, 1.807) is 46.0 Å². The number of aliphatic carboxylic acids is 1. The lowest BCUT2D eigenvalue weighted by molar-refractivity contribution is -0.192. The third-order valence-corrected chi connectivity index (χ3v) is 7.92. The molecule has 250 valence electrons. The van der Waals surface area contributed by atoms with Gasteiger partial charge in [-0.25, -0.2) is 14.5 Å². The number of anilines is 1. The molecule has 18 heteroatoms. The fourth-order valence-corrected chi connectivity index (χ4v) is 5.45. The predicted octanol–water partition coefficient (Wildman–Crippen LogP) is 5.57. The first-order valence-corrected chi connectivity index (χ1v) is 15.0. The first-order chi connectivity index (χ1) is 22.7. The van der Waals surface area contributed by atoms with Gasteiger partial charge in [0.1, 0.15) is 0 Å². The van der Waals surface area contributed by atoms with E-state index in [1.165, 1.54) is 17.1 Å². The first kappa shape index (κ1) is 34.3. The maximum Gasteiger partial charge on any atom is 0.490 e. The Morgan fingerprint density at radius 2 is 1.83 bits per heavy atom. The zero-order chi connectivity index (χ0) is 34.7. The number of carboxylic acids is 1. The van der Waals surface area contributed by atoms with Crippen LogP contribution in [0.15, 0.2) is 66.1 Å². The van der Waals surface area contributed by atoms with Gasteiger partial charge in [0.25, 0.3) is 5.56 Å². The number of rotatable bonds is 3. The zero-order valence-electron chi connectivity index (χ0n) is 25.2. The highest BCUT2D eigenvalue weighted by Crippen LogP contribution is 2.33. The van der Waals surface area contributed by atoms with Crippen molar-refractivity contribution in [2.75, 3.05) is 5.32 Å². The number of carbonyl (C=O) groups excluding carboxylic acids is 1. The molecule has 0 aliphatic carbocycles. The van der Waals surface area contributed by atoms with Gasteiger partial charge in [0.15, 0.2) is 5.15 Å². The molecule has 4 aromatic heterocycles. The van der Waals surface area contributed by atoms with Crippen molar-refractivity contribution in [1.82, 2.24) is 39.3 Å². The fraction of sp³-hybridized carbons (Fsp3) is 0.267. The highest BCUT2D eigenvalue weighted by molar-refractivity contribution is 6.31. The molecule has 0 radical (unpaired) electrons. The van der Waals surface area contributed by atoms with E-state index in [0.29, 0.717) is 52.6 Å². The molecule has 48 heavy (non-hydrogen) atoms. The summed E-state index contributed by atoms with van der Waals surface area (Å²) in [6.45, 7) is 1.90. The van der Waals surface area contributed by atoms with Crippen LogP contribution in [-0.2, 0) is 16.6 Å². The number of aromatic nitrogens is 8. The van der Waals surface area contributed by atoms with Gasteiger partial charge in [-0.1, -0.05) is 41.8 Å². The summed E-state index contributed by atoms with van der Waals surface area (Å²) in [5.41, 5.74) is 4.33. The monoisotopic (exact) mass is 703 g/mol. The van der Waals surface area contributed by atoms with Crippen molar-refractivity contribution >= 4 is 40.8 Å². The van der Waals surface area contributed by atoms with Gasteiger partial charge in [-0.2, -0.15) is 18.3 Å². The molecule has 0 saturated heterocycles. The molecule has 0 unspecified atom stereocenters. The number of halogens is 5. The maximum atomic E-state index is 13.7. The number of carbonyl (C=O) groups is 2. The number of carboxylic acid groups (broad SMARTS) is 1. The molecule has 0 fully saturated rings. The summed E-state index contributed by atoms with van der Waals surface area (Å²) in [5, 5.41) is 23.1. The maximum absolute atomic E-state index is 13.7. The van der Waals surface area contributed by atoms with Gasteiger partial charge >= 0.3 is 12.1 Å². The Morgan fingerprint density at radius 1 is 1.08 bits per heavy atom. The summed E-state index contributed by atoms with van der Waals surface area (Å²) in [6.07, 6.45) is 3.30. The molecular weight excluding hydrogens is 678 g/mol. The van der Waals surface area contributed by atoms with E-state index in [-0.39, 0.29) is 22.5 Å². The van der Waals surface area contributed by atoms with Crippen molar-refractivity contribution in [2.24, 2.45) is 13.0 Å². The van der Waals surface area contributed by atoms with E-state index >= 15 is 0 Å². The van der Waals surface area contributed by atoms with Crippen LogP contribution in [0.3, 0.4) is 0 Å². The van der Waals surface area contributed by atoms with Crippen molar-refractivity contribution < 1.29 is 27.9 Å². The number of fused-ring (bicyclic) bond motifs is 4. The summed E-state index contributed by atoms with van der Waals surface area (Å²) in [5.74, 6) is -3.05. The fourth-order valence-electron chi connectivity index (χ4n) is 5.15. The van der Waals surface area contributed by atoms with Crippen LogP contribution in [0.2, 0.25) is 10.2 Å². The lowest BCUT2D eigenvalue weighted by Crippen LogP contribution is -2.27. The van der Waals surface area contributed by atoms with Crippen molar-refractivity contribution in [3.63, 3.8) is 0 Å². The van der Waals surface area contributed by atoms with Crippen LogP contribution in [0.5, 0.6) is 0 Å². The molecule has 1 amide bonds. The minimum Gasteiger partial charge on any atom is -0.475 e. The van der Waals surface area contributed by atoms with Crippen LogP contribution < -0.4 is 10.9 Å². The minimum atomic E-state index is -5.08. The van der Waals surface area contributed by atoms with Crippen LogP contribution in [-0.4, -0.2) is 62.5 Å². The molecular formula is C30H26Cl2F3N9O4. The van der Waals surface area contributed by atoms with Gasteiger partial charge in [-0.05, 0) is 43.2 Å². The third kappa shape index (κ3) is 7.55. The van der Waals surface area contributed by atoms with Gasteiger partial charge in [0.2, 0.25) is 5.91 Å². The standard InChI is InChI=1S/C28H25Cl2N9O2.C2HF3O2/c1-16-4-3-5-24(21-10-17(8-9-31-21)27-22(34-28(16)41)13-33-37(27)2)38-15-32-20(12-26(38)40)19-11-18(29)6-7-23(19)39-14-25(30)35-36-39;3-2(4,5)1(6)7/h6-16,24H,3-5H2,1-2H3,(H,34,41);(H,6,7)/t16-,24+;/m1./s1. The number of alkyl halides is 3. The van der Waals surface area contributed by atoms with Crippen LogP contribution in [0.1, 0.15) is 37.9 Å². The third-order valence-electron chi connectivity index (χ3n) is 7.52. The van der Waals surface area contributed by atoms with Gasteiger partial charge in [0, 0.05) is 41.4 Å². The minimum absolute atomic E-state index is 0.0696. The molecule has 0 spiro atoms. The number of aryl methyl sites for hydroxylation is 1. The average molecular weight is 704 g/mol. The Bertz CT molecular complexity index is 2040. The van der Waals surface area contributed by atoms with E-state index in [4.69, 9.17) is 33.1 Å². The highest BCUT2D eigenvalue weighted by atomic mass is 35.5. The Labute approximate surface area is 280 Å². The van der Waals surface area contributed by atoms with Crippen LogP contribution in [0.25, 0.3) is 28.2 Å². The lowest BCUT2D eigenvalue weighted by Gasteiger charge is -2.22. The smallest absolute Gasteiger partial charge is 0.475 e. The van der Waals surface area contributed by atoms with Crippen molar-refractivity contribution in [3.05, 3.63) is 87.5 Å². The van der Waals surface area contributed by atoms with Gasteiger partial charge in [-0.15, -0.1) is 5.10 Å². The molecule has 1 aliphatic rings. The van der Waals surface area contributed by atoms with E-state index in [2.05, 4.69) is 30.7 Å². The molecule has 0 saturated carbocycles. The summed E-state index contributed by atoms with van der Waals surface area (Å²) in [4.78, 5) is 44.8. The molecule has 13 nitrogen and oxygen atoms in total. The number of pyridine rings is 1. The number of nitrogens with zero attached hydrogens (tertiary/aromatic N) is 8. The summed E-state index contributed by atoms with van der Waals surface area (Å²) in [6, 6.07) is 10.1. The second-order valence-corrected chi connectivity index (χ2v) is 11.6. The summed E-state index contributed by atoms with van der Waals surface area (Å²) in [7, 11) is 1.82. The highest BCUT2D eigenvalue weighted by Gasteiger charge is 2.38. The van der Waals surface area contributed by atoms with E-state index in [9.17, 15) is 22.8 Å². The number of amides is 1. The SMILES string of the molecule is C[C@@H]1CCC[C@H](n2cnc(-c3cc(Cl)ccc3-n3cc(Cl)nn3)cc2=O)c2cc(ccn2)-c2c(cnn2C)NC1=O.O=C(O)C(F)(F)F. The van der Waals surface area contributed by atoms with Gasteiger partial charge in [0.05, 0.1) is 53.2 Å². The van der Waals surface area contributed by atoms with Crippen molar-refractivity contribution in [3.8, 4) is 28.2 Å². The Balaban J connectivity index is 0.000000582. The van der Waals surface area contributed by atoms with Gasteiger partial charge in [-0.3, -0.25) is 23.8 Å². The molecule has 2 N–H and O–H groups in total. The molecule has 6 rings (SSSR count). The number of hydrogen-bond acceptors (Lipinski definition) is 8. The first-order valence-electron chi connectivity index (χ1n) is 14.3.